The van der Waals surface area contributed by atoms with Crippen LogP contribution in [-0.2, 0) is 11.2 Å². The topological polar surface area (TPSA) is 17.1 Å². The lowest BCUT2D eigenvalue weighted by Gasteiger charge is -2.22. The molecule has 0 fully saturated rings. The second-order valence-corrected chi connectivity index (χ2v) is 6.67. The molecule has 0 aliphatic carbocycles. The Balaban J connectivity index is 2.21. The average molecular weight is 280 g/mol. The highest BCUT2D eigenvalue weighted by atomic mass is 16.1. The fraction of sp³-hybridized carbons (Fsp3) is 0.350. The lowest BCUT2D eigenvalue weighted by Crippen LogP contribution is -2.23. The minimum Gasteiger partial charge on any atom is -0.299 e. The van der Waals surface area contributed by atoms with Crippen LogP contribution in [0.1, 0.15) is 44.2 Å². The standard InChI is InChI=1S/C20H24O/c1-20(2,3)19(21)15-18(17-12-8-5-9-13-17)14-16-10-6-4-7-11-16/h4-13,18H,14-15H2,1-3H3/t18-/m0/s1. The van der Waals surface area contributed by atoms with Gasteiger partial charge in [-0.3, -0.25) is 4.79 Å². The summed E-state index contributed by atoms with van der Waals surface area (Å²) in [5.41, 5.74) is 2.26. The molecule has 110 valence electrons. The van der Waals surface area contributed by atoms with E-state index in [-0.39, 0.29) is 11.3 Å². The fourth-order valence-corrected chi connectivity index (χ4v) is 2.46. The molecule has 0 aromatic heterocycles. The molecule has 0 aliphatic rings. The van der Waals surface area contributed by atoms with Crippen molar-refractivity contribution >= 4 is 5.78 Å². The lowest BCUT2D eigenvalue weighted by molar-refractivity contribution is -0.126. The van der Waals surface area contributed by atoms with Crippen molar-refractivity contribution in [1.82, 2.24) is 0 Å². The number of benzene rings is 2. The third-order valence-corrected chi connectivity index (χ3v) is 3.86. The van der Waals surface area contributed by atoms with Crippen LogP contribution >= 0.6 is 0 Å². The van der Waals surface area contributed by atoms with Crippen LogP contribution in [0.25, 0.3) is 0 Å². The molecule has 2 aromatic carbocycles. The highest BCUT2D eigenvalue weighted by Gasteiger charge is 2.25. The van der Waals surface area contributed by atoms with Gasteiger partial charge in [0.1, 0.15) is 5.78 Å². The molecule has 0 unspecified atom stereocenters. The van der Waals surface area contributed by atoms with Crippen LogP contribution in [0.3, 0.4) is 0 Å². The van der Waals surface area contributed by atoms with Gasteiger partial charge in [0, 0.05) is 11.8 Å². The van der Waals surface area contributed by atoms with E-state index in [0.29, 0.717) is 12.2 Å². The van der Waals surface area contributed by atoms with E-state index in [1.165, 1.54) is 11.1 Å². The van der Waals surface area contributed by atoms with Gasteiger partial charge in [0.2, 0.25) is 0 Å². The van der Waals surface area contributed by atoms with E-state index in [4.69, 9.17) is 0 Å². The number of hydrogen-bond acceptors (Lipinski definition) is 1. The zero-order valence-corrected chi connectivity index (χ0v) is 13.2. The molecule has 0 heterocycles. The molecule has 0 saturated heterocycles. The molecule has 1 heteroatoms. The zero-order valence-electron chi connectivity index (χ0n) is 13.2. The van der Waals surface area contributed by atoms with Gasteiger partial charge in [0.15, 0.2) is 0 Å². The predicted octanol–water partition coefficient (Wildman–Crippen LogP) is 5.02. The summed E-state index contributed by atoms with van der Waals surface area (Å²) in [6.07, 6.45) is 1.51. The summed E-state index contributed by atoms with van der Waals surface area (Å²) in [7, 11) is 0. The van der Waals surface area contributed by atoms with E-state index < -0.39 is 0 Å². The Labute approximate surface area is 128 Å². The predicted molar refractivity (Wildman–Crippen MR) is 88.4 cm³/mol. The molecule has 0 amide bonds. The number of ketones is 1. The Hall–Kier alpha value is -1.89. The summed E-state index contributed by atoms with van der Waals surface area (Å²) in [6, 6.07) is 20.8. The van der Waals surface area contributed by atoms with Crippen molar-refractivity contribution in [3.8, 4) is 0 Å². The second kappa shape index (κ2) is 6.71. The average Bonchev–Trinajstić information content (AvgIpc) is 2.47. The SMILES string of the molecule is CC(C)(C)C(=O)C[C@H](Cc1ccccc1)c1ccccc1. The summed E-state index contributed by atoms with van der Waals surface area (Å²) in [4.78, 5) is 12.4. The number of carbonyl (C=O) groups is 1. The van der Waals surface area contributed by atoms with E-state index in [9.17, 15) is 4.79 Å². The summed E-state index contributed by atoms with van der Waals surface area (Å²) < 4.78 is 0. The maximum absolute atomic E-state index is 12.4. The maximum Gasteiger partial charge on any atom is 0.138 e. The Bertz CT molecular complexity index is 564. The summed E-state index contributed by atoms with van der Waals surface area (Å²) in [6.45, 7) is 6.00. The molecule has 1 nitrogen and oxygen atoms in total. The van der Waals surface area contributed by atoms with E-state index >= 15 is 0 Å². The van der Waals surface area contributed by atoms with Gasteiger partial charge in [-0.05, 0) is 23.5 Å². The first-order chi connectivity index (χ1) is 9.97. The molecule has 0 bridgehead atoms. The molecule has 2 rings (SSSR count). The number of carbonyl (C=O) groups excluding carboxylic acids is 1. The lowest BCUT2D eigenvalue weighted by atomic mass is 9.80. The van der Waals surface area contributed by atoms with Crippen LogP contribution in [0.5, 0.6) is 0 Å². The number of Topliss-reactive ketones (excluding diaryl/α,β-unsaturated/α-hetero) is 1. The Morgan fingerprint density at radius 3 is 1.95 bits per heavy atom. The van der Waals surface area contributed by atoms with Crippen molar-refractivity contribution in [3.05, 3.63) is 71.8 Å². The van der Waals surface area contributed by atoms with Crippen LogP contribution in [-0.4, -0.2) is 5.78 Å². The van der Waals surface area contributed by atoms with E-state index in [1.54, 1.807) is 0 Å². The third-order valence-electron chi connectivity index (χ3n) is 3.86. The van der Waals surface area contributed by atoms with E-state index in [1.807, 2.05) is 32.9 Å². The molecular weight excluding hydrogens is 256 g/mol. The Morgan fingerprint density at radius 2 is 1.43 bits per heavy atom. The van der Waals surface area contributed by atoms with Gasteiger partial charge < -0.3 is 0 Å². The van der Waals surface area contributed by atoms with Crippen molar-refractivity contribution < 1.29 is 4.79 Å². The maximum atomic E-state index is 12.4. The van der Waals surface area contributed by atoms with Crippen LogP contribution in [0.4, 0.5) is 0 Å². The van der Waals surface area contributed by atoms with Crippen molar-refractivity contribution in [2.75, 3.05) is 0 Å². The first kappa shape index (κ1) is 15.5. The van der Waals surface area contributed by atoms with Gasteiger partial charge in [-0.15, -0.1) is 0 Å². The highest BCUT2D eigenvalue weighted by molar-refractivity contribution is 5.84. The van der Waals surface area contributed by atoms with Gasteiger partial charge >= 0.3 is 0 Å². The quantitative estimate of drug-likeness (QED) is 0.751. The number of rotatable bonds is 5. The smallest absolute Gasteiger partial charge is 0.138 e. The fourth-order valence-electron chi connectivity index (χ4n) is 2.46. The van der Waals surface area contributed by atoms with Crippen molar-refractivity contribution in [2.24, 2.45) is 5.41 Å². The van der Waals surface area contributed by atoms with Crippen molar-refractivity contribution in [2.45, 2.75) is 39.5 Å². The van der Waals surface area contributed by atoms with E-state index in [0.717, 1.165) is 6.42 Å². The van der Waals surface area contributed by atoms with Gasteiger partial charge in [-0.2, -0.15) is 0 Å². The van der Waals surface area contributed by atoms with Crippen molar-refractivity contribution in [1.29, 1.82) is 0 Å². The first-order valence-electron chi connectivity index (χ1n) is 7.59. The molecular formula is C20H24O. The molecule has 0 aliphatic heterocycles. The normalized spacial score (nSPS) is 12.9. The van der Waals surface area contributed by atoms with Crippen molar-refractivity contribution in [3.63, 3.8) is 0 Å². The molecule has 1 atom stereocenters. The van der Waals surface area contributed by atoms with Crippen LogP contribution in [0, 0.1) is 5.41 Å². The number of hydrogen-bond donors (Lipinski definition) is 0. The molecule has 21 heavy (non-hydrogen) atoms. The summed E-state index contributed by atoms with van der Waals surface area (Å²) in [5, 5.41) is 0. The minimum absolute atomic E-state index is 0.250. The largest absolute Gasteiger partial charge is 0.299 e. The monoisotopic (exact) mass is 280 g/mol. The second-order valence-electron chi connectivity index (χ2n) is 6.67. The Morgan fingerprint density at radius 1 is 0.905 bits per heavy atom. The summed E-state index contributed by atoms with van der Waals surface area (Å²) >= 11 is 0. The highest BCUT2D eigenvalue weighted by Crippen LogP contribution is 2.29. The van der Waals surface area contributed by atoms with Crippen LogP contribution < -0.4 is 0 Å². The third kappa shape index (κ3) is 4.56. The summed E-state index contributed by atoms with van der Waals surface area (Å²) in [5.74, 6) is 0.576. The first-order valence-corrected chi connectivity index (χ1v) is 7.59. The van der Waals surface area contributed by atoms with Gasteiger partial charge in [-0.25, -0.2) is 0 Å². The minimum atomic E-state index is -0.274. The van der Waals surface area contributed by atoms with Gasteiger partial charge in [0.05, 0.1) is 0 Å². The van der Waals surface area contributed by atoms with E-state index in [2.05, 4.69) is 48.5 Å². The van der Waals surface area contributed by atoms with Gasteiger partial charge in [-0.1, -0.05) is 81.4 Å². The molecule has 2 aromatic rings. The van der Waals surface area contributed by atoms with Crippen LogP contribution in [0.15, 0.2) is 60.7 Å². The zero-order chi connectivity index (χ0) is 15.3. The molecule has 0 saturated carbocycles. The van der Waals surface area contributed by atoms with Gasteiger partial charge in [0.25, 0.3) is 0 Å². The molecule has 0 radical (unpaired) electrons. The van der Waals surface area contributed by atoms with Crippen LogP contribution in [0.2, 0.25) is 0 Å². The molecule has 0 N–H and O–H groups in total. The Kier molecular flexibility index (Phi) is 4.95. The molecule has 0 spiro atoms.